The molecule has 112 valence electrons. The summed E-state index contributed by atoms with van der Waals surface area (Å²) in [6.45, 7) is 2.19. The van der Waals surface area contributed by atoms with Crippen molar-refractivity contribution in [2.45, 2.75) is 44.4 Å². The Balaban J connectivity index is 2.17. The maximum absolute atomic E-state index is 13.3. The molecule has 0 amide bonds. The van der Waals surface area contributed by atoms with E-state index in [-0.39, 0.29) is 11.2 Å². The van der Waals surface area contributed by atoms with Gasteiger partial charge in [-0.15, -0.1) is 0 Å². The first-order valence-electron chi connectivity index (χ1n) is 7.37. The van der Waals surface area contributed by atoms with Crippen molar-refractivity contribution in [3.63, 3.8) is 0 Å². The van der Waals surface area contributed by atoms with E-state index in [4.69, 9.17) is 17.3 Å². The van der Waals surface area contributed by atoms with Crippen molar-refractivity contribution in [3.8, 4) is 11.1 Å². The van der Waals surface area contributed by atoms with Crippen LogP contribution in [0.5, 0.6) is 0 Å². The number of nitrogen functional groups attached to an aromatic ring is 1. The van der Waals surface area contributed by atoms with E-state index >= 15 is 0 Å². The highest BCUT2D eigenvalue weighted by atomic mass is 35.5. The highest BCUT2D eigenvalue weighted by molar-refractivity contribution is 6.33. The number of aromatic nitrogens is 2. The lowest BCUT2D eigenvalue weighted by atomic mass is 9.77. The first-order chi connectivity index (χ1) is 10.1. The monoisotopic (exact) mass is 307 g/mol. The number of nitrogens with zero attached hydrogens (tertiary/aromatic N) is 1. The predicted molar refractivity (Wildman–Crippen MR) is 83.8 cm³/mol. The molecule has 0 radical (unpaired) electrons. The Hall–Kier alpha value is -1.55. The number of benzene rings is 1. The molecule has 1 aliphatic carbocycles. The molecule has 3 nitrogen and oxygen atoms in total. The van der Waals surface area contributed by atoms with Gasteiger partial charge in [0, 0.05) is 16.5 Å². The average Bonchev–Trinajstić information content (AvgIpc) is 3.07. The highest BCUT2D eigenvalue weighted by Gasteiger charge is 2.38. The Bertz CT molecular complexity index is 660. The molecule has 1 saturated carbocycles. The second-order valence-electron chi connectivity index (χ2n) is 5.82. The summed E-state index contributed by atoms with van der Waals surface area (Å²) in [7, 11) is 0. The standard InChI is InChI=1S/C16H19ClFN3/c1-2-16(7-3-4-8-16)14-13(15(19)21-20-14)11-6-5-10(18)9-12(11)17/h5-6,9H,2-4,7-8H2,1H3,(H3,19,20,21). The Morgan fingerprint density at radius 2 is 2.10 bits per heavy atom. The summed E-state index contributed by atoms with van der Waals surface area (Å²) < 4.78 is 13.3. The predicted octanol–water partition coefficient (Wildman–Crippen LogP) is 4.67. The van der Waals surface area contributed by atoms with Gasteiger partial charge in [0.15, 0.2) is 5.82 Å². The van der Waals surface area contributed by atoms with Crippen LogP contribution >= 0.6 is 11.6 Å². The fourth-order valence-electron chi connectivity index (χ4n) is 3.54. The fourth-order valence-corrected chi connectivity index (χ4v) is 3.80. The van der Waals surface area contributed by atoms with Crippen LogP contribution in [-0.4, -0.2) is 10.2 Å². The summed E-state index contributed by atoms with van der Waals surface area (Å²) in [6.07, 6.45) is 5.70. The van der Waals surface area contributed by atoms with Crippen LogP contribution in [0, 0.1) is 5.82 Å². The van der Waals surface area contributed by atoms with Crippen molar-refractivity contribution in [2.24, 2.45) is 0 Å². The number of aromatic amines is 1. The van der Waals surface area contributed by atoms with Crippen molar-refractivity contribution in [1.82, 2.24) is 10.2 Å². The number of hydrogen-bond acceptors (Lipinski definition) is 2. The molecule has 0 unspecified atom stereocenters. The molecule has 3 N–H and O–H groups in total. The second-order valence-corrected chi connectivity index (χ2v) is 6.23. The largest absolute Gasteiger partial charge is 0.382 e. The number of nitrogens with two attached hydrogens (primary N) is 1. The van der Waals surface area contributed by atoms with Gasteiger partial charge in [-0.2, -0.15) is 5.10 Å². The van der Waals surface area contributed by atoms with Gasteiger partial charge in [0.2, 0.25) is 0 Å². The minimum absolute atomic E-state index is 0.0810. The van der Waals surface area contributed by atoms with Crippen LogP contribution in [-0.2, 0) is 5.41 Å². The SMILES string of the molecule is CCC1(c2[nH]nc(N)c2-c2ccc(F)cc2Cl)CCCC1. The van der Waals surface area contributed by atoms with Gasteiger partial charge in [-0.25, -0.2) is 4.39 Å². The zero-order chi connectivity index (χ0) is 15.0. The molecule has 1 aliphatic rings. The fraction of sp³-hybridized carbons (Fsp3) is 0.438. The third kappa shape index (κ3) is 2.31. The van der Waals surface area contributed by atoms with Gasteiger partial charge in [0.05, 0.1) is 10.7 Å². The van der Waals surface area contributed by atoms with Gasteiger partial charge in [-0.1, -0.05) is 31.4 Å². The molecular formula is C16H19ClFN3. The van der Waals surface area contributed by atoms with E-state index in [0.717, 1.165) is 36.1 Å². The molecule has 1 aromatic carbocycles. The Labute approximate surface area is 128 Å². The highest BCUT2D eigenvalue weighted by Crippen LogP contribution is 2.48. The molecule has 5 heteroatoms. The van der Waals surface area contributed by atoms with Crippen LogP contribution in [0.4, 0.5) is 10.2 Å². The molecule has 1 fully saturated rings. The van der Waals surface area contributed by atoms with Gasteiger partial charge in [0.25, 0.3) is 0 Å². The second kappa shape index (κ2) is 5.34. The molecule has 0 saturated heterocycles. The average molecular weight is 308 g/mol. The van der Waals surface area contributed by atoms with Gasteiger partial charge < -0.3 is 5.73 Å². The third-order valence-corrected chi connectivity index (χ3v) is 5.08. The maximum Gasteiger partial charge on any atom is 0.153 e. The van der Waals surface area contributed by atoms with Crippen molar-refractivity contribution in [3.05, 3.63) is 34.7 Å². The van der Waals surface area contributed by atoms with Crippen molar-refractivity contribution in [1.29, 1.82) is 0 Å². The van der Waals surface area contributed by atoms with E-state index in [1.165, 1.54) is 25.0 Å². The lowest BCUT2D eigenvalue weighted by Gasteiger charge is -2.27. The zero-order valence-corrected chi connectivity index (χ0v) is 12.8. The maximum atomic E-state index is 13.3. The summed E-state index contributed by atoms with van der Waals surface area (Å²) in [5.41, 5.74) is 8.78. The molecule has 0 atom stereocenters. The van der Waals surface area contributed by atoms with Gasteiger partial charge in [-0.3, -0.25) is 5.10 Å². The first kappa shape index (κ1) is 14.4. The Morgan fingerprint density at radius 1 is 1.38 bits per heavy atom. The summed E-state index contributed by atoms with van der Waals surface area (Å²) in [5.74, 6) is 0.0803. The molecule has 3 rings (SSSR count). The summed E-state index contributed by atoms with van der Waals surface area (Å²) in [4.78, 5) is 0. The topological polar surface area (TPSA) is 54.7 Å². The lowest BCUT2D eigenvalue weighted by molar-refractivity contribution is 0.413. The minimum atomic E-state index is -0.349. The van der Waals surface area contributed by atoms with Gasteiger partial charge in [-0.05, 0) is 37.5 Å². The minimum Gasteiger partial charge on any atom is -0.382 e. The van der Waals surface area contributed by atoms with E-state index in [1.807, 2.05) is 0 Å². The van der Waals surface area contributed by atoms with E-state index < -0.39 is 0 Å². The zero-order valence-electron chi connectivity index (χ0n) is 12.0. The molecule has 0 bridgehead atoms. The normalized spacial score (nSPS) is 17.3. The molecule has 1 heterocycles. The molecular weight excluding hydrogens is 289 g/mol. The molecule has 21 heavy (non-hydrogen) atoms. The Morgan fingerprint density at radius 3 is 2.71 bits per heavy atom. The summed E-state index contributed by atoms with van der Waals surface area (Å²) in [6, 6.07) is 4.41. The number of halogens is 2. The van der Waals surface area contributed by atoms with Crippen LogP contribution < -0.4 is 5.73 Å². The van der Waals surface area contributed by atoms with Crippen LogP contribution in [0.1, 0.15) is 44.7 Å². The van der Waals surface area contributed by atoms with Crippen LogP contribution in [0.3, 0.4) is 0 Å². The van der Waals surface area contributed by atoms with E-state index in [1.54, 1.807) is 6.07 Å². The first-order valence-corrected chi connectivity index (χ1v) is 7.75. The van der Waals surface area contributed by atoms with E-state index in [2.05, 4.69) is 17.1 Å². The number of rotatable bonds is 3. The van der Waals surface area contributed by atoms with Crippen molar-refractivity contribution < 1.29 is 4.39 Å². The smallest absolute Gasteiger partial charge is 0.153 e. The number of hydrogen-bond donors (Lipinski definition) is 2. The summed E-state index contributed by atoms with van der Waals surface area (Å²) >= 11 is 6.22. The molecule has 1 aromatic heterocycles. The van der Waals surface area contributed by atoms with Gasteiger partial charge in [0.1, 0.15) is 5.82 Å². The molecule has 0 aliphatic heterocycles. The van der Waals surface area contributed by atoms with Gasteiger partial charge >= 0.3 is 0 Å². The quantitative estimate of drug-likeness (QED) is 0.865. The number of H-pyrrole nitrogens is 1. The number of nitrogens with one attached hydrogen (secondary N) is 1. The third-order valence-electron chi connectivity index (χ3n) is 4.76. The lowest BCUT2D eigenvalue weighted by Crippen LogP contribution is -2.22. The summed E-state index contributed by atoms with van der Waals surface area (Å²) in [5, 5.41) is 7.68. The molecule has 0 spiro atoms. The van der Waals surface area contributed by atoms with Crippen molar-refractivity contribution in [2.75, 3.05) is 5.73 Å². The van der Waals surface area contributed by atoms with E-state index in [9.17, 15) is 4.39 Å². The number of anilines is 1. The van der Waals surface area contributed by atoms with Crippen LogP contribution in [0.25, 0.3) is 11.1 Å². The van der Waals surface area contributed by atoms with Crippen molar-refractivity contribution >= 4 is 17.4 Å². The Kier molecular flexibility index (Phi) is 3.66. The van der Waals surface area contributed by atoms with E-state index in [0.29, 0.717) is 10.8 Å². The molecule has 2 aromatic rings. The van der Waals surface area contributed by atoms with Crippen LogP contribution in [0.2, 0.25) is 5.02 Å². The van der Waals surface area contributed by atoms with Crippen LogP contribution in [0.15, 0.2) is 18.2 Å².